The molecule has 34 heavy (non-hydrogen) atoms. The van der Waals surface area contributed by atoms with Crippen LogP contribution in [0.2, 0.25) is 0 Å². The molecule has 1 aromatic carbocycles. The Kier molecular flexibility index (Phi) is 5.18. The van der Waals surface area contributed by atoms with Crippen LogP contribution in [-0.2, 0) is 5.41 Å². The average Bonchev–Trinajstić information content (AvgIpc) is 3.48. The highest BCUT2D eigenvalue weighted by molar-refractivity contribution is 5.90. The van der Waals surface area contributed by atoms with E-state index in [9.17, 15) is 22.0 Å². The SMILES string of the molecule is Cc1nc(N[C@H](C)c2cccc(C(F)F)c2F)c2cc(C3(C(F)F)CC3)c3nc(C)nn3c2n1. The Morgan fingerprint density at radius 3 is 2.29 bits per heavy atom. The number of halogens is 5. The zero-order valence-electron chi connectivity index (χ0n) is 18.6. The minimum absolute atomic E-state index is 0.0337. The van der Waals surface area contributed by atoms with Gasteiger partial charge in [-0.2, -0.15) is 4.52 Å². The number of benzene rings is 1. The van der Waals surface area contributed by atoms with Crippen molar-refractivity contribution >= 4 is 22.5 Å². The number of nitrogens with zero attached hydrogens (tertiary/aromatic N) is 5. The van der Waals surface area contributed by atoms with E-state index in [1.54, 1.807) is 26.8 Å². The van der Waals surface area contributed by atoms with E-state index in [4.69, 9.17) is 0 Å². The number of nitrogens with one attached hydrogen (secondary N) is 1. The number of pyridine rings is 1. The van der Waals surface area contributed by atoms with Gasteiger partial charge in [0.2, 0.25) is 6.43 Å². The van der Waals surface area contributed by atoms with Crippen LogP contribution in [0, 0.1) is 19.7 Å². The molecule has 0 unspecified atom stereocenters. The van der Waals surface area contributed by atoms with Gasteiger partial charge in [0.25, 0.3) is 6.43 Å². The molecule has 11 heteroatoms. The van der Waals surface area contributed by atoms with E-state index in [-0.39, 0.29) is 11.4 Å². The lowest BCUT2D eigenvalue weighted by molar-refractivity contribution is 0.102. The second-order valence-corrected chi connectivity index (χ2v) is 8.68. The number of fused-ring (bicyclic) bond motifs is 3. The zero-order valence-corrected chi connectivity index (χ0v) is 18.6. The molecule has 0 amide bonds. The summed E-state index contributed by atoms with van der Waals surface area (Å²) in [6, 6.07) is 4.66. The van der Waals surface area contributed by atoms with Crippen molar-refractivity contribution in [3.63, 3.8) is 0 Å². The summed E-state index contributed by atoms with van der Waals surface area (Å²) in [6.45, 7) is 4.93. The van der Waals surface area contributed by atoms with Gasteiger partial charge in [0.15, 0.2) is 11.3 Å². The first kappa shape index (κ1) is 22.4. The van der Waals surface area contributed by atoms with Crippen LogP contribution in [0.25, 0.3) is 16.7 Å². The second-order valence-electron chi connectivity index (χ2n) is 8.68. The fourth-order valence-corrected chi connectivity index (χ4v) is 4.38. The van der Waals surface area contributed by atoms with E-state index in [0.29, 0.717) is 46.7 Å². The molecule has 3 aromatic heterocycles. The van der Waals surface area contributed by atoms with Crippen molar-refractivity contribution in [3.8, 4) is 0 Å². The smallest absolute Gasteiger partial charge is 0.266 e. The van der Waals surface area contributed by atoms with Crippen LogP contribution in [-0.4, -0.2) is 31.0 Å². The standard InChI is InChI=1S/C23H21F5N6/c1-10(13-5-4-6-14(17(13)24)18(25)26)29-19-15-9-16(23(7-8-23)22(27)28)21-32-12(3)33-34(21)20(15)31-11(2)30-19/h4-6,9-10,18,22H,7-8H2,1-3H3,(H,29,30,31)/t10-/m1/s1. The molecule has 1 fully saturated rings. The first-order chi connectivity index (χ1) is 16.1. The summed E-state index contributed by atoms with van der Waals surface area (Å²) in [5.41, 5.74) is -0.954. The quantitative estimate of drug-likeness (QED) is 0.355. The fraction of sp³-hybridized carbons (Fsp3) is 0.391. The van der Waals surface area contributed by atoms with Gasteiger partial charge >= 0.3 is 0 Å². The Hall–Kier alpha value is -3.37. The third kappa shape index (κ3) is 3.45. The summed E-state index contributed by atoms with van der Waals surface area (Å²) < 4.78 is 70.6. The molecule has 4 aromatic rings. The van der Waals surface area contributed by atoms with Gasteiger partial charge < -0.3 is 5.32 Å². The van der Waals surface area contributed by atoms with Crippen molar-refractivity contribution in [2.75, 3.05) is 5.32 Å². The number of anilines is 1. The van der Waals surface area contributed by atoms with Gasteiger partial charge in [-0.05, 0) is 39.7 Å². The Bertz CT molecular complexity index is 1410. The molecule has 6 nitrogen and oxygen atoms in total. The molecule has 1 aliphatic rings. The highest BCUT2D eigenvalue weighted by atomic mass is 19.3. The molecule has 1 N–H and O–H groups in total. The lowest BCUT2D eigenvalue weighted by Crippen LogP contribution is -2.20. The summed E-state index contributed by atoms with van der Waals surface area (Å²) >= 11 is 0. The van der Waals surface area contributed by atoms with Gasteiger partial charge in [-0.1, -0.05) is 18.2 Å². The van der Waals surface area contributed by atoms with Gasteiger partial charge in [-0.25, -0.2) is 36.9 Å². The maximum atomic E-state index is 14.7. The second kappa shape index (κ2) is 7.85. The molecule has 1 aliphatic carbocycles. The van der Waals surface area contributed by atoms with Gasteiger partial charge in [0.05, 0.1) is 22.4 Å². The minimum atomic E-state index is -2.95. The molecular weight excluding hydrogens is 455 g/mol. The summed E-state index contributed by atoms with van der Waals surface area (Å²) in [4.78, 5) is 13.2. The van der Waals surface area contributed by atoms with E-state index >= 15 is 0 Å². The molecule has 178 valence electrons. The van der Waals surface area contributed by atoms with E-state index in [0.717, 1.165) is 6.07 Å². The van der Waals surface area contributed by atoms with Crippen LogP contribution in [0.5, 0.6) is 0 Å². The maximum Gasteiger partial charge on any atom is 0.266 e. The van der Waals surface area contributed by atoms with E-state index in [1.165, 1.54) is 16.6 Å². The molecule has 0 aliphatic heterocycles. The number of hydrogen-bond donors (Lipinski definition) is 1. The van der Waals surface area contributed by atoms with Crippen LogP contribution in [0.15, 0.2) is 24.3 Å². The van der Waals surface area contributed by atoms with Crippen molar-refractivity contribution in [1.82, 2.24) is 24.6 Å². The van der Waals surface area contributed by atoms with E-state index in [2.05, 4.69) is 25.4 Å². The Morgan fingerprint density at radius 1 is 0.971 bits per heavy atom. The molecule has 1 saturated carbocycles. The minimum Gasteiger partial charge on any atom is -0.363 e. The molecule has 3 heterocycles. The predicted octanol–water partition coefficient (Wildman–Crippen LogP) is 5.84. The third-order valence-corrected chi connectivity index (χ3v) is 6.34. The van der Waals surface area contributed by atoms with Gasteiger partial charge in [0, 0.05) is 11.1 Å². The van der Waals surface area contributed by atoms with Crippen molar-refractivity contribution in [2.24, 2.45) is 0 Å². The van der Waals surface area contributed by atoms with Crippen molar-refractivity contribution < 1.29 is 22.0 Å². The van der Waals surface area contributed by atoms with Gasteiger partial charge in [-0.15, -0.1) is 5.10 Å². The normalized spacial score (nSPS) is 16.1. The molecule has 1 atom stereocenters. The van der Waals surface area contributed by atoms with Crippen LogP contribution in [0.1, 0.15) is 60.6 Å². The first-order valence-electron chi connectivity index (χ1n) is 10.8. The largest absolute Gasteiger partial charge is 0.363 e. The summed E-state index contributed by atoms with van der Waals surface area (Å²) in [5, 5.41) is 7.84. The van der Waals surface area contributed by atoms with E-state index in [1.807, 2.05) is 0 Å². The molecule has 5 rings (SSSR count). The lowest BCUT2D eigenvalue weighted by Gasteiger charge is -2.20. The monoisotopic (exact) mass is 476 g/mol. The summed E-state index contributed by atoms with van der Waals surface area (Å²) in [7, 11) is 0. The Morgan fingerprint density at radius 2 is 1.65 bits per heavy atom. The van der Waals surface area contributed by atoms with Crippen LogP contribution in [0.4, 0.5) is 27.8 Å². The summed E-state index contributed by atoms with van der Waals surface area (Å²) in [5.74, 6) is 0.0282. The third-order valence-electron chi connectivity index (χ3n) is 6.34. The van der Waals surface area contributed by atoms with Crippen LogP contribution < -0.4 is 5.32 Å². The molecule has 0 bridgehead atoms. The topological polar surface area (TPSA) is 68.0 Å². The molecular formula is C23H21F5N6. The van der Waals surface area contributed by atoms with Gasteiger partial charge in [0.1, 0.15) is 23.3 Å². The fourth-order valence-electron chi connectivity index (χ4n) is 4.38. The highest BCUT2D eigenvalue weighted by Crippen LogP contribution is 2.54. The average molecular weight is 476 g/mol. The van der Waals surface area contributed by atoms with Crippen molar-refractivity contribution in [3.05, 3.63) is 58.4 Å². The lowest BCUT2D eigenvalue weighted by atomic mass is 9.96. The van der Waals surface area contributed by atoms with Crippen molar-refractivity contribution in [1.29, 1.82) is 0 Å². The van der Waals surface area contributed by atoms with Crippen molar-refractivity contribution in [2.45, 2.75) is 57.9 Å². The Balaban J connectivity index is 1.68. The van der Waals surface area contributed by atoms with Crippen LogP contribution >= 0.6 is 0 Å². The molecule has 0 radical (unpaired) electrons. The number of alkyl halides is 4. The number of aryl methyl sites for hydroxylation is 2. The summed E-state index contributed by atoms with van der Waals surface area (Å²) in [6.07, 6.45) is -4.91. The number of aromatic nitrogens is 5. The number of hydrogen-bond acceptors (Lipinski definition) is 5. The number of rotatable bonds is 6. The predicted molar refractivity (Wildman–Crippen MR) is 116 cm³/mol. The van der Waals surface area contributed by atoms with Crippen LogP contribution in [0.3, 0.4) is 0 Å². The first-order valence-corrected chi connectivity index (χ1v) is 10.8. The highest BCUT2D eigenvalue weighted by Gasteiger charge is 2.54. The van der Waals surface area contributed by atoms with Gasteiger partial charge in [-0.3, -0.25) is 0 Å². The Labute approximate surface area is 191 Å². The zero-order chi connectivity index (χ0) is 24.4. The molecule has 0 saturated heterocycles. The molecule has 0 spiro atoms. The maximum absolute atomic E-state index is 14.7. The van der Waals surface area contributed by atoms with E-state index < -0.39 is 35.7 Å².